The van der Waals surface area contributed by atoms with Gasteiger partial charge in [0.15, 0.2) is 0 Å². The fourth-order valence-electron chi connectivity index (χ4n) is 1.68. The van der Waals surface area contributed by atoms with E-state index in [1.165, 1.54) is 0 Å². The summed E-state index contributed by atoms with van der Waals surface area (Å²) < 4.78 is 35.3. The number of nitrogens with one attached hydrogen (secondary N) is 2. The Hall–Kier alpha value is -0.980. The number of aliphatic hydroxyl groups excluding tert-OH is 1. The maximum atomic E-state index is 11.8. The normalized spacial score (nSPS) is 26.2. The second-order valence-corrected chi connectivity index (χ2v) is 3.90. The van der Waals surface area contributed by atoms with E-state index in [-0.39, 0.29) is 0 Å². The number of amides is 2. The Morgan fingerprint density at radius 2 is 1.94 bits per heavy atom. The minimum atomic E-state index is -4.41. The van der Waals surface area contributed by atoms with Crippen LogP contribution in [0.2, 0.25) is 0 Å². The molecule has 1 fully saturated rings. The summed E-state index contributed by atoms with van der Waals surface area (Å²) in [4.78, 5) is 11.1. The van der Waals surface area contributed by atoms with Crippen LogP contribution in [0.15, 0.2) is 0 Å². The predicted molar refractivity (Wildman–Crippen MR) is 50.9 cm³/mol. The number of hydrogen-bond acceptors (Lipinski definition) is 2. The fraction of sp³-hybridized carbons (Fsp3) is 0.889. The zero-order valence-corrected chi connectivity index (χ0v) is 8.68. The largest absolute Gasteiger partial charge is 0.405 e. The summed E-state index contributed by atoms with van der Waals surface area (Å²) >= 11 is 0. The Kier molecular flexibility index (Phi) is 4.40. The molecule has 0 bridgehead atoms. The van der Waals surface area contributed by atoms with E-state index in [0.717, 1.165) is 12.8 Å². The van der Waals surface area contributed by atoms with Crippen LogP contribution < -0.4 is 10.6 Å². The van der Waals surface area contributed by atoms with Gasteiger partial charge in [-0.05, 0) is 12.8 Å². The summed E-state index contributed by atoms with van der Waals surface area (Å²) in [5.74, 6) is 0. The lowest BCUT2D eigenvalue weighted by atomic mass is 9.93. The minimum absolute atomic E-state index is 0.443. The molecule has 0 radical (unpaired) electrons. The first-order valence-corrected chi connectivity index (χ1v) is 5.17. The van der Waals surface area contributed by atoms with E-state index in [9.17, 15) is 23.1 Å². The maximum absolute atomic E-state index is 11.8. The average Bonchev–Trinajstić information content (AvgIpc) is 2.18. The molecule has 2 atom stereocenters. The topological polar surface area (TPSA) is 61.4 Å². The van der Waals surface area contributed by atoms with Crippen LogP contribution in [0.3, 0.4) is 0 Å². The summed E-state index contributed by atoms with van der Waals surface area (Å²) in [6, 6.07) is -1.33. The van der Waals surface area contributed by atoms with E-state index in [1.54, 1.807) is 5.32 Å². The Morgan fingerprint density at radius 3 is 2.50 bits per heavy atom. The molecule has 3 N–H and O–H groups in total. The summed E-state index contributed by atoms with van der Waals surface area (Å²) in [7, 11) is 0. The van der Waals surface area contributed by atoms with E-state index in [0.29, 0.717) is 12.8 Å². The first-order chi connectivity index (χ1) is 7.38. The number of carbonyl (C=O) groups excluding carboxylic acids is 1. The lowest BCUT2D eigenvalue weighted by Gasteiger charge is -2.28. The second kappa shape index (κ2) is 5.38. The van der Waals surface area contributed by atoms with Crippen molar-refractivity contribution in [1.82, 2.24) is 10.6 Å². The van der Waals surface area contributed by atoms with Crippen molar-refractivity contribution in [2.45, 2.75) is 44.0 Å². The van der Waals surface area contributed by atoms with Crippen molar-refractivity contribution in [2.75, 3.05) is 6.54 Å². The van der Waals surface area contributed by atoms with Gasteiger partial charge in [0.1, 0.15) is 6.54 Å². The third kappa shape index (κ3) is 4.69. The van der Waals surface area contributed by atoms with Gasteiger partial charge < -0.3 is 15.7 Å². The quantitative estimate of drug-likeness (QED) is 0.678. The smallest absolute Gasteiger partial charge is 0.391 e. The zero-order valence-electron chi connectivity index (χ0n) is 8.68. The Labute approximate surface area is 91.2 Å². The van der Waals surface area contributed by atoms with Crippen molar-refractivity contribution >= 4 is 6.03 Å². The number of halogens is 3. The van der Waals surface area contributed by atoms with Crippen LogP contribution in [0.4, 0.5) is 18.0 Å². The molecule has 4 nitrogen and oxygen atoms in total. The van der Waals surface area contributed by atoms with Gasteiger partial charge in [-0.25, -0.2) is 4.79 Å². The highest BCUT2D eigenvalue weighted by atomic mass is 19.4. The van der Waals surface area contributed by atoms with Gasteiger partial charge in [0.05, 0.1) is 12.1 Å². The van der Waals surface area contributed by atoms with Crippen molar-refractivity contribution < 1.29 is 23.1 Å². The second-order valence-electron chi connectivity index (χ2n) is 3.90. The van der Waals surface area contributed by atoms with Gasteiger partial charge in [-0.15, -0.1) is 0 Å². The summed E-state index contributed by atoms with van der Waals surface area (Å²) in [6.07, 6.45) is -2.16. The van der Waals surface area contributed by atoms with Crippen LogP contribution in [0.1, 0.15) is 25.7 Å². The lowest BCUT2D eigenvalue weighted by Crippen LogP contribution is -2.50. The lowest BCUT2D eigenvalue weighted by molar-refractivity contribution is -0.122. The van der Waals surface area contributed by atoms with Gasteiger partial charge in [0.2, 0.25) is 0 Å². The van der Waals surface area contributed by atoms with Gasteiger partial charge in [-0.1, -0.05) is 12.8 Å². The van der Waals surface area contributed by atoms with Crippen LogP contribution in [0.25, 0.3) is 0 Å². The van der Waals surface area contributed by atoms with E-state index >= 15 is 0 Å². The van der Waals surface area contributed by atoms with E-state index in [2.05, 4.69) is 5.32 Å². The molecule has 0 heterocycles. The van der Waals surface area contributed by atoms with E-state index in [4.69, 9.17) is 0 Å². The highest BCUT2D eigenvalue weighted by Gasteiger charge is 2.29. The molecule has 0 saturated heterocycles. The number of urea groups is 1. The first-order valence-electron chi connectivity index (χ1n) is 5.17. The summed E-state index contributed by atoms with van der Waals surface area (Å²) in [5.41, 5.74) is 0. The van der Waals surface area contributed by atoms with Crippen LogP contribution in [0.5, 0.6) is 0 Å². The molecule has 16 heavy (non-hydrogen) atoms. The fourth-order valence-corrected chi connectivity index (χ4v) is 1.68. The van der Waals surface area contributed by atoms with Crippen LogP contribution >= 0.6 is 0 Å². The standard InChI is InChI=1S/C9H15F3N2O2/c10-9(11,12)5-13-8(16)14-6-3-1-2-4-7(6)15/h6-7,15H,1-5H2,(H2,13,14,16)/t6-,7-/m1/s1. The molecule has 0 spiro atoms. The van der Waals surface area contributed by atoms with Crippen molar-refractivity contribution in [3.05, 3.63) is 0 Å². The maximum Gasteiger partial charge on any atom is 0.405 e. The molecular weight excluding hydrogens is 225 g/mol. The van der Waals surface area contributed by atoms with Gasteiger partial charge in [0, 0.05) is 0 Å². The first kappa shape index (κ1) is 13.1. The molecule has 1 aliphatic rings. The van der Waals surface area contributed by atoms with Crippen molar-refractivity contribution in [1.29, 1.82) is 0 Å². The SMILES string of the molecule is O=C(NCC(F)(F)F)N[C@@H]1CCCC[C@H]1O. The van der Waals surface area contributed by atoms with Gasteiger partial charge in [-0.3, -0.25) is 0 Å². The minimum Gasteiger partial charge on any atom is -0.391 e. The molecule has 1 aliphatic carbocycles. The summed E-state index contributed by atoms with van der Waals surface area (Å²) in [6.45, 7) is -1.36. The van der Waals surface area contributed by atoms with E-state index in [1.807, 2.05) is 0 Å². The molecule has 7 heteroatoms. The van der Waals surface area contributed by atoms with Crippen LogP contribution in [0, 0.1) is 0 Å². The molecule has 94 valence electrons. The van der Waals surface area contributed by atoms with Crippen molar-refractivity contribution in [2.24, 2.45) is 0 Å². The Balaban J connectivity index is 2.28. The molecule has 1 saturated carbocycles. The predicted octanol–water partition coefficient (Wildman–Crippen LogP) is 1.15. The molecule has 0 aromatic carbocycles. The number of carbonyl (C=O) groups is 1. The van der Waals surface area contributed by atoms with Gasteiger partial charge in [0.25, 0.3) is 0 Å². The van der Waals surface area contributed by atoms with Crippen LogP contribution in [-0.4, -0.2) is 36.0 Å². The van der Waals surface area contributed by atoms with Crippen LogP contribution in [-0.2, 0) is 0 Å². The number of rotatable bonds is 2. The van der Waals surface area contributed by atoms with Crippen molar-refractivity contribution in [3.8, 4) is 0 Å². The molecule has 0 aromatic heterocycles. The molecule has 0 aromatic rings. The third-order valence-corrected chi connectivity index (χ3v) is 2.50. The molecule has 0 unspecified atom stereocenters. The molecular formula is C9H15F3N2O2. The summed E-state index contributed by atoms with van der Waals surface area (Å²) in [5, 5.41) is 13.5. The van der Waals surface area contributed by atoms with E-state index < -0.39 is 30.9 Å². The average molecular weight is 240 g/mol. The number of hydrogen-bond donors (Lipinski definition) is 3. The molecule has 1 rings (SSSR count). The van der Waals surface area contributed by atoms with Gasteiger partial charge in [-0.2, -0.15) is 13.2 Å². The van der Waals surface area contributed by atoms with Crippen molar-refractivity contribution in [3.63, 3.8) is 0 Å². The Morgan fingerprint density at radius 1 is 1.31 bits per heavy atom. The molecule has 2 amide bonds. The number of aliphatic hydroxyl groups is 1. The third-order valence-electron chi connectivity index (χ3n) is 2.50. The molecule has 0 aliphatic heterocycles. The Bertz CT molecular complexity index is 245. The highest BCUT2D eigenvalue weighted by Crippen LogP contribution is 2.18. The highest BCUT2D eigenvalue weighted by molar-refractivity contribution is 5.74. The zero-order chi connectivity index (χ0) is 12.2. The van der Waals surface area contributed by atoms with Gasteiger partial charge >= 0.3 is 12.2 Å². The number of alkyl halides is 3. The monoisotopic (exact) mass is 240 g/mol.